The van der Waals surface area contributed by atoms with Gasteiger partial charge in [0.1, 0.15) is 11.5 Å². The number of rotatable bonds is 9. The Morgan fingerprint density at radius 3 is 2.54 bits per heavy atom. The highest BCUT2D eigenvalue weighted by atomic mass is 35.5. The minimum Gasteiger partial charge on any atom is -0.495 e. The normalized spacial score (nSPS) is 10.8. The van der Waals surface area contributed by atoms with E-state index in [1.54, 1.807) is 35.2 Å². The largest absolute Gasteiger partial charge is 0.495 e. The maximum Gasteiger partial charge on any atom is 0.229 e. The van der Waals surface area contributed by atoms with Crippen molar-refractivity contribution in [3.63, 3.8) is 0 Å². The van der Waals surface area contributed by atoms with Crippen molar-refractivity contribution in [3.8, 4) is 11.5 Å². The topological polar surface area (TPSA) is 103 Å². The van der Waals surface area contributed by atoms with Crippen molar-refractivity contribution in [3.05, 3.63) is 70.5 Å². The highest BCUT2D eigenvalue weighted by Gasteiger charge is 2.24. The number of hydrogen-bond donors (Lipinski definition) is 2. The van der Waals surface area contributed by atoms with Crippen LogP contribution in [0.4, 0.5) is 17.5 Å². The van der Waals surface area contributed by atoms with Gasteiger partial charge in [0, 0.05) is 36.8 Å². The molecule has 2 N–H and O–H groups in total. The Labute approximate surface area is 211 Å². The van der Waals surface area contributed by atoms with Gasteiger partial charge in [-0.1, -0.05) is 29.3 Å². The SMILES string of the molecule is C=CCNc1cn(C)nc1Nc1ncc2cc(C(=O)c3c(Cl)c(OC)cc(OC)c3Cl)ccc2n1. The van der Waals surface area contributed by atoms with Gasteiger partial charge in [0.25, 0.3) is 0 Å². The summed E-state index contributed by atoms with van der Waals surface area (Å²) in [5.41, 5.74) is 1.88. The van der Waals surface area contributed by atoms with Gasteiger partial charge in [-0.15, -0.1) is 6.58 Å². The van der Waals surface area contributed by atoms with E-state index < -0.39 is 0 Å². The maximum atomic E-state index is 13.3. The fourth-order valence-corrected chi connectivity index (χ4v) is 4.13. The molecule has 2 aromatic heterocycles. The summed E-state index contributed by atoms with van der Waals surface area (Å²) in [5, 5.41) is 11.6. The Hall–Kier alpha value is -3.82. The van der Waals surface area contributed by atoms with Crippen molar-refractivity contribution in [2.24, 2.45) is 7.05 Å². The zero-order valence-corrected chi connectivity index (χ0v) is 20.7. The zero-order valence-electron chi connectivity index (χ0n) is 19.2. The number of carbonyl (C=O) groups excluding carboxylic acids is 1. The van der Waals surface area contributed by atoms with Crippen LogP contribution in [0.2, 0.25) is 10.0 Å². The van der Waals surface area contributed by atoms with Crippen LogP contribution in [-0.2, 0) is 7.05 Å². The number of aryl methyl sites for hydroxylation is 1. The van der Waals surface area contributed by atoms with Crippen LogP contribution in [0.3, 0.4) is 0 Å². The van der Waals surface area contributed by atoms with E-state index in [1.165, 1.54) is 20.3 Å². The summed E-state index contributed by atoms with van der Waals surface area (Å²) >= 11 is 12.8. The van der Waals surface area contributed by atoms with E-state index in [-0.39, 0.29) is 32.9 Å². The molecule has 0 saturated heterocycles. The van der Waals surface area contributed by atoms with Crippen LogP contribution in [0.5, 0.6) is 11.5 Å². The number of methoxy groups -OCH3 is 2. The van der Waals surface area contributed by atoms with Crippen molar-refractivity contribution >= 4 is 57.3 Å². The number of aromatic nitrogens is 4. The quantitative estimate of drug-likeness (QED) is 0.231. The summed E-state index contributed by atoms with van der Waals surface area (Å²) in [7, 11) is 4.72. The molecule has 0 spiro atoms. The van der Waals surface area contributed by atoms with Crippen LogP contribution < -0.4 is 20.1 Å². The molecule has 0 fully saturated rings. The van der Waals surface area contributed by atoms with Crippen LogP contribution in [0.15, 0.2) is 49.3 Å². The molecule has 2 aromatic carbocycles. The molecular weight excluding hydrogens is 491 g/mol. The Morgan fingerprint density at radius 1 is 1.17 bits per heavy atom. The van der Waals surface area contributed by atoms with E-state index in [4.69, 9.17) is 32.7 Å². The van der Waals surface area contributed by atoms with Gasteiger partial charge in [-0.25, -0.2) is 9.97 Å². The Morgan fingerprint density at radius 2 is 1.89 bits per heavy atom. The molecule has 0 aliphatic carbocycles. The van der Waals surface area contributed by atoms with Gasteiger partial charge in [0.2, 0.25) is 5.95 Å². The Balaban J connectivity index is 1.66. The molecule has 180 valence electrons. The summed E-state index contributed by atoms with van der Waals surface area (Å²) in [6.07, 6.45) is 5.22. The minimum atomic E-state index is -0.382. The third kappa shape index (κ3) is 4.87. The maximum absolute atomic E-state index is 13.3. The van der Waals surface area contributed by atoms with E-state index in [0.29, 0.717) is 34.8 Å². The van der Waals surface area contributed by atoms with Crippen molar-refractivity contribution in [2.45, 2.75) is 0 Å². The number of hydrogen-bond acceptors (Lipinski definition) is 8. The standard InChI is InChI=1S/C24H22Cl2N6O3/c1-5-8-27-16-12-32(2)31-23(16)30-24-28-11-14-9-13(6-7-15(14)29-24)22(33)19-20(25)17(34-3)10-18(35-4)21(19)26/h5-7,9-12,27H,1,8H2,2-4H3,(H,28,29,30,31). The molecule has 4 rings (SSSR count). The summed E-state index contributed by atoms with van der Waals surface area (Å²) in [4.78, 5) is 22.3. The monoisotopic (exact) mass is 512 g/mol. The smallest absolute Gasteiger partial charge is 0.229 e. The molecule has 0 unspecified atom stereocenters. The lowest BCUT2D eigenvalue weighted by molar-refractivity contribution is 0.103. The highest BCUT2D eigenvalue weighted by molar-refractivity contribution is 6.42. The number of ketones is 1. The molecule has 0 amide bonds. The third-order valence-corrected chi connectivity index (χ3v) is 5.89. The lowest BCUT2D eigenvalue weighted by Gasteiger charge is -2.14. The first kappa shape index (κ1) is 24.3. The number of carbonyl (C=O) groups is 1. The number of anilines is 3. The minimum absolute atomic E-state index is 0.0952. The zero-order chi connectivity index (χ0) is 25.1. The molecular formula is C24H22Cl2N6O3. The average molecular weight is 513 g/mol. The van der Waals surface area contributed by atoms with E-state index in [0.717, 1.165) is 5.69 Å². The predicted molar refractivity (Wildman–Crippen MR) is 138 cm³/mol. The van der Waals surface area contributed by atoms with Gasteiger partial charge in [0.15, 0.2) is 11.6 Å². The van der Waals surface area contributed by atoms with Gasteiger partial charge < -0.3 is 20.1 Å². The van der Waals surface area contributed by atoms with Crippen molar-refractivity contribution < 1.29 is 14.3 Å². The lowest BCUT2D eigenvalue weighted by Crippen LogP contribution is -2.06. The summed E-state index contributed by atoms with van der Waals surface area (Å²) in [6.45, 7) is 4.30. The molecule has 0 aliphatic rings. The summed E-state index contributed by atoms with van der Waals surface area (Å²) in [6, 6.07) is 6.59. The molecule has 35 heavy (non-hydrogen) atoms. The number of halogens is 2. The highest BCUT2D eigenvalue weighted by Crippen LogP contribution is 2.41. The second-order valence-electron chi connectivity index (χ2n) is 7.44. The number of nitrogens with zero attached hydrogens (tertiary/aromatic N) is 4. The first-order valence-corrected chi connectivity index (χ1v) is 11.2. The second-order valence-corrected chi connectivity index (χ2v) is 8.20. The van der Waals surface area contributed by atoms with E-state index >= 15 is 0 Å². The van der Waals surface area contributed by atoms with Gasteiger partial charge in [-0.2, -0.15) is 5.10 Å². The molecule has 11 heteroatoms. The number of nitrogens with one attached hydrogen (secondary N) is 2. The Bertz CT molecular complexity index is 1410. The lowest BCUT2D eigenvalue weighted by atomic mass is 10.0. The second kappa shape index (κ2) is 10.2. The summed E-state index contributed by atoms with van der Waals surface area (Å²) < 4.78 is 12.2. The molecule has 0 saturated carbocycles. The third-order valence-electron chi connectivity index (χ3n) is 5.14. The number of benzene rings is 2. The van der Waals surface area contributed by atoms with E-state index in [2.05, 4.69) is 32.3 Å². The Kier molecular flexibility index (Phi) is 7.09. The number of fused-ring (bicyclic) bond motifs is 1. The van der Waals surface area contributed by atoms with Crippen LogP contribution in [0, 0.1) is 0 Å². The first-order valence-electron chi connectivity index (χ1n) is 10.4. The molecule has 0 bridgehead atoms. The van der Waals surface area contributed by atoms with Gasteiger partial charge in [0.05, 0.1) is 47.2 Å². The molecule has 0 aliphatic heterocycles. The fraction of sp³-hybridized carbons (Fsp3) is 0.167. The molecule has 0 atom stereocenters. The van der Waals surface area contributed by atoms with Gasteiger partial charge in [-0.3, -0.25) is 9.48 Å². The van der Waals surface area contributed by atoms with Crippen molar-refractivity contribution in [1.29, 1.82) is 0 Å². The first-order chi connectivity index (χ1) is 16.9. The van der Waals surface area contributed by atoms with E-state index in [1.807, 2.05) is 13.2 Å². The van der Waals surface area contributed by atoms with E-state index in [9.17, 15) is 4.79 Å². The van der Waals surface area contributed by atoms with Gasteiger partial charge in [-0.05, 0) is 18.2 Å². The number of ether oxygens (including phenoxy) is 2. The van der Waals surface area contributed by atoms with Crippen molar-refractivity contribution in [2.75, 3.05) is 31.4 Å². The van der Waals surface area contributed by atoms with Crippen molar-refractivity contribution in [1.82, 2.24) is 19.7 Å². The molecule has 0 radical (unpaired) electrons. The fourth-order valence-electron chi connectivity index (χ4n) is 3.46. The molecule has 9 nitrogen and oxygen atoms in total. The van der Waals surface area contributed by atoms with Crippen LogP contribution >= 0.6 is 23.2 Å². The van der Waals surface area contributed by atoms with Crippen LogP contribution in [0.1, 0.15) is 15.9 Å². The van der Waals surface area contributed by atoms with Crippen LogP contribution in [0.25, 0.3) is 10.9 Å². The van der Waals surface area contributed by atoms with Gasteiger partial charge >= 0.3 is 0 Å². The van der Waals surface area contributed by atoms with Crippen LogP contribution in [-0.4, -0.2) is 46.3 Å². The molecule has 4 aromatic rings. The molecule has 2 heterocycles. The summed E-state index contributed by atoms with van der Waals surface area (Å²) in [5.74, 6) is 1.13. The predicted octanol–water partition coefficient (Wildman–Crippen LogP) is 5.26. The average Bonchev–Trinajstić information content (AvgIpc) is 3.21.